The lowest BCUT2D eigenvalue weighted by Gasteiger charge is -2.36. The van der Waals surface area contributed by atoms with E-state index in [0.717, 1.165) is 49.7 Å². The summed E-state index contributed by atoms with van der Waals surface area (Å²) in [7, 11) is 0. The number of nitrogens with zero attached hydrogens (tertiary/aromatic N) is 3. The first-order valence-corrected chi connectivity index (χ1v) is 10.8. The summed E-state index contributed by atoms with van der Waals surface area (Å²) in [5.41, 5.74) is 1.48. The molecular weight excluding hydrogens is 416 g/mol. The normalized spacial score (nSPS) is 23.9. The lowest BCUT2D eigenvalue weighted by atomic mass is 10.0. The Kier molecular flexibility index (Phi) is 5.30. The number of hydrogen-bond acceptors (Lipinski definition) is 8. The molecule has 32 heavy (non-hydrogen) atoms. The minimum absolute atomic E-state index is 0.106. The summed E-state index contributed by atoms with van der Waals surface area (Å²) in [5.74, 6) is -1.95. The number of benzene rings is 1. The standard InChI is InChI=1S/C22H24N4O6/c27-18-4-3-17(20(28)23-18)26-21(29)15-2-1-14(13-16(15)22(26)30)25-9-7-24(8-10-25)6-5-19-31-11-12-32-19/h1-2,11-13,17,19H,3-10H2,(H,23,27,28). The highest BCUT2D eigenvalue weighted by atomic mass is 16.7. The summed E-state index contributed by atoms with van der Waals surface area (Å²) in [6.07, 6.45) is 3.96. The number of nitrogens with one attached hydrogen (secondary N) is 1. The Hall–Kier alpha value is -3.40. The zero-order valence-corrected chi connectivity index (χ0v) is 17.5. The largest absolute Gasteiger partial charge is 0.459 e. The molecule has 0 radical (unpaired) electrons. The third kappa shape index (κ3) is 3.70. The lowest BCUT2D eigenvalue weighted by Crippen LogP contribution is -2.54. The maximum absolute atomic E-state index is 13.0. The second-order valence-electron chi connectivity index (χ2n) is 8.27. The van der Waals surface area contributed by atoms with Crippen LogP contribution in [0.2, 0.25) is 0 Å². The molecule has 2 saturated heterocycles. The molecule has 4 aliphatic rings. The Balaban J connectivity index is 1.23. The number of fused-ring (bicyclic) bond motifs is 1. The monoisotopic (exact) mass is 440 g/mol. The summed E-state index contributed by atoms with van der Waals surface area (Å²) in [6, 6.07) is 4.29. The SMILES string of the molecule is O=C1CCC(N2C(=O)c3ccc(N4CCN(CCC5OC=CO5)CC4)cc3C2=O)C(=O)N1. The molecule has 0 aromatic heterocycles. The van der Waals surface area contributed by atoms with Crippen LogP contribution in [0.3, 0.4) is 0 Å². The van der Waals surface area contributed by atoms with Gasteiger partial charge in [-0.2, -0.15) is 0 Å². The molecule has 1 N–H and O–H groups in total. The minimum Gasteiger partial charge on any atom is -0.459 e. The maximum Gasteiger partial charge on any atom is 0.262 e. The number of anilines is 1. The molecule has 0 aliphatic carbocycles. The molecule has 0 saturated carbocycles. The molecule has 168 valence electrons. The van der Waals surface area contributed by atoms with Crippen LogP contribution in [-0.2, 0) is 19.1 Å². The zero-order valence-electron chi connectivity index (χ0n) is 17.5. The predicted octanol–water partition coefficient (Wildman–Crippen LogP) is 0.444. The van der Waals surface area contributed by atoms with Gasteiger partial charge in [-0.3, -0.25) is 34.3 Å². The van der Waals surface area contributed by atoms with E-state index in [2.05, 4.69) is 15.1 Å². The number of ether oxygens (including phenoxy) is 2. The quantitative estimate of drug-likeness (QED) is 0.658. The van der Waals surface area contributed by atoms with Crippen molar-refractivity contribution in [3.63, 3.8) is 0 Å². The molecule has 1 aromatic rings. The smallest absolute Gasteiger partial charge is 0.262 e. The number of piperazine rings is 1. The Morgan fingerprint density at radius 1 is 0.938 bits per heavy atom. The number of carbonyl (C=O) groups excluding carboxylic acids is 4. The average Bonchev–Trinajstić information content (AvgIpc) is 3.40. The van der Waals surface area contributed by atoms with Gasteiger partial charge in [-0.25, -0.2) is 0 Å². The Bertz CT molecular complexity index is 992. The van der Waals surface area contributed by atoms with E-state index in [1.165, 1.54) is 0 Å². The highest BCUT2D eigenvalue weighted by Gasteiger charge is 2.44. The van der Waals surface area contributed by atoms with Crippen molar-refractivity contribution >= 4 is 29.3 Å². The van der Waals surface area contributed by atoms with Gasteiger partial charge in [0.25, 0.3) is 11.8 Å². The van der Waals surface area contributed by atoms with E-state index in [1.807, 2.05) is 6.07 Å². The molecule has 1 aromatic carbocycles. The molecule has 1 unspecified atom stereocenters. The number of hydrogen-bond donors (Lipinski definition) is 1. The Morgan fingerprint density at radius 3 is 2.38 bits per heavy atom. The van der Waals surface area contributed by atoms with E-state index >= 15 is 0 Å². The van der Waals surface area contributed by atoms with Crippen LogP contribution < -0.4 is 10.2 Å². The zero-order chi connectivity index (χ0) is 22.2. The summed E-state index contributed by atoms with van der Waals surface area (Å²) in [4.78, 5) is 55.0. The van der Waals surface area contributed by atoms with Crippen molar-refractivity contribution < 1.29 is 28.7 Å². The Morgan fingerprint density at radius 2 is 1.66 bits per heavy atom. The van der Waals surface area contributed by atoms with Gasteiger partial charge in [-0.1, -0.05) is 0 Å². The van der Waals surface area contributed by atoms with Crippen molar-refractivity contribution in [1.82, 2.24) is 15.1 Å². The number of carbonyl (C=O) groups is 4. The van der Waals surface area contributed by atoms with E-state index in [4.69, 9.17) is 9.47 Å². The van der Waals surface area contributed by atoms with Crippen LogP contribution in [0.15, 0.2) is 30.7 Å². The van der Waals surface area contributed by atoms with Gasteiger partial charge in [-0.05, 0) is 24.6 Å². The van der Waals surface area contributed by atoms with Gasteiger partial charge in [0.05, 0.1) is 11.1 Å². The van der Waals surface area contributed by atoms with Crippen molar-refractivity contribution in [2.24, 2.45) is 0 Å². The predicted molar refractivity (Wildman–Crippen MR) is 111 cm³/mol. The van der Waals surface area contributed by atoms with Crippen molar-refractivity contribution in [1.29, 1.82) is 0 Å². The summed E-state index contributed by atoms with van der Waals surface area (Å²) in [5, 5.41) is 2.21. The molecule has 0 spiro atoms. The molecule has 1 atom stereocenters. The molecular formula is C22H24N4O6. The van der Waals surface area contributed by atoms with Crippen LogP contribution in [0.5, 0.6) is 0 Å². The van der Waals surface area contributed by atoms with Gasteiger partial charge < -0.3 is 14.4 Å². The summed E-state index contributed by atoms with van der Waals surface area (Å²) >= 11 is 0. The van der Waals surface area contributed by atoms with Crippen molar-refractivity contribution in [3.05, 3.63) is 41.9 Å². The molecule has 4 heterocycles. The number of imide groups is 2. The fraction of sp³-hybridized carbons (Fsp3) is 0.455. The maximum atomic E-state index is 13.0. The third-order valence-corrected chi connectivity index (χ3v) is 6.36. The average molecular weight is 440 g/mol. The summed E-state index contributed by atoms with van der Waals surface area (Å²) in [6.45, 7) is 4.20. The van der Waals surface area contributed by atoms with Gasteiger partial charge in [0.15, 0.2) is 0 Å². The van der Waals surface area contributed by atoms with Crippen LogP contribution in [0.4, 0.5) is 5.69 Å². The molecule has 5 rings (SSSR count). The van der Waals surface area contributed by atoms with Crippen LogP contribution >= 0.6 is 0 Å². The van der Waals surface area contributed by atoms with Crippen molar-refractivity contribution in [3.8, 4) is 0 Å². The van der Waals surface area contributed by atoms with E-state index in [0.29, 0.717) is 11.1 Å². The van der Waals surface area contributed by atoms with Crippen molar-refractivity contribution in [2.75, 3.05) is 37.6 Å². The number of rotatable bonds is 5. The second-order valence-corrected chi connectivity index (χ2v) is 8.27. The lowest BCUT2D eigenvalue weighted by molar-refractivity contribution is -0.136. The minimum atomic E-state index is -0.949. The first-order valence-electron chi connectivity index (χ1n) is 10.8. The first kappa shape index (κ1) is 20.5. The number of piperidine rings is 1. The van der Waals surface area contributed by atoms with Gasteiger partial charge in [-0.15, -0.1) is 0 Å². The molecule has 0 bridgehead atoms. The van der Waals surface area contributed by atoms with Crippen LogP contribution in [0.25, 0.3) is 0 Å². The van der Waals surface area contributed by atoms with E-state index in [-0.39, 0.29) is 25.0 Å². The second kappa shape index (κ2) is 8.27. The van der Waals surface area contributed by atoms with Gasteiger partial charge in [0.2, 0.25) is 18.1 Å². The first-order chi connectivity index (χ1) is 15.5. The van der Waals surface area contributed by atoms with Crippen LogP contribution in [-0.4, -0.2) is 78.5 Å². The molecule has 4 aliphatic heterocycles. The molecule has 10 nitrogen and oxygen atoms in total. The van der Waals surface area contributed by atoms with E-state index in [9.17, 15) is 19.2 Å². The van der Waals surface area contributed by atoms with Gasteiger partial charge >= 0.3 is 0 Å². The third-order valence-electron chi connectivity index (χ3n) is 6.36. The topological polar surface area (TPSA) is 108 Å². The summed E-state index contributed by atoms with van der Waals surface area (Å²) < 4.78 is 10.6. The molecule has 4 amide bonds. The highest BCUT2D eigenvalue weighted by Crippen LogP contribution is 2.31. The molecule has 2 fully saturated rings. The van der Waals surface area contributed by atoms with Gasteiger partial charge in [0, 0.05) is 51.3 Å². The van der Waals surface area contributed by atoms with E-state index < -0.39 is 23.8 Å². The fourth-order valence-corrected chi connectivity index (χ4v) is 4.58. The number of amides is 4. The van der Waals surface area contributed by atoms with E-state index in [1.54, 1.807) is 24.7 Å². The Labute approximate surface area is 184 Å². The van der Waals surface area contributed by atoms with Crippen molar-refractivity contribution in [2.45, 2.75) is 31.6 Å². The van der Waals surface area contributed by atoms with Crippen LogP contribution in [0, 0.1) is 0 Å². The van der Waals surface area contributed by atoms with Gasteiger partial charge in [0.1, 0.15) is 18.6 Å². The molecule has 10 heteroatoms. The van der Waals surface area contributed by atoms with Crippen LogP contribution in [0.1, 0.15) is 40.0 Å². The fourth-order valence-electron chi connectivity index (χ4n) is 4.58. The highest BCUT2D eigenvalue weighted by molar-refractivity contribution is 6.23.